The monoisotopic (exact) mass is 240 g/mol. The second kappa shape index (κ2) is 7.00. The van der Waals surface area contributed by atoms with Gasteiger partial charge in [0.1, 0.15) is 0 Å². The van der Waals surface area contributed by atoms with Crippen molar-refractivity contribution in [3.8, 4) is 0 Å². The Labute approximate surface area is 106 Å². The lowest BCUT2D eigenvalue weighted by Crippen LogP contribution is -2.47. The van der Waals surface area contributed by atoms with Crippen LogP contribution in [0.3, 0.4) is 0 Å². The van der Waals surface area contributed by atoms with Gasteiger partial charge in [-0.2, -0.15) is 0 Å². The highest BCUT2D eigenvalue weighted by Crippen LogP contribution is 2.31. The quantitative estimate of drug-likeness (QED) is 0.700. The normalized spacial score (nSPS) is 21.2. The summed E-state index contributed by atoms with van der Waals surface area (Å²) < 4.78 is 0. The first kappa shape index (κ1) is 14.5. The number of piperidine rings is 1. The molecule has 1 fully saturated rings. The first-order valence-corrected chi connectivity index (χ1v) is 7.08. The van der Waals surface area contributed by atoms with Gasteiger partial charge < -0.3 is 10.6 Å². The third-order valence-corrected chi connectivity index (χ3v) is 3.97. The highest BCUT2D eigenvalue weighted by Gasteiger charge is 2.36. The molecule has 3 heteroatoms. The number of carbonyl (C=O) groups excluding carboxylic acids is 1. The lowest BCUT2D eigenvalue weighted by atomic mass is 9.74. The van der Waals surface area contributed by atoms with E-state index in [4.69, 9.17) is 0 Å². The van der Waals surface area contributed by atoms with Gasteiger partial charge in [0.25, 0.3) is 0 Å². The maximum absolute atomic E-state index is 12.2. The lowest BCUT2D eigenvalue weighted by Gasteiger charge is -2.36. The van der Waals surface area contributed by atoms with Crippen LogP contribution < -0.4 is 10.6 Å². The molecule has 100 valence electrons. The number of carbonyl (C=O) groups is 1. The van der Waals surface area contributed by atoms with Gasteiger partial charge >= 0.3 is 0 Å². The Kier molecular flexibility index (Phi) is 5.96. The number of rotatable bonds is 6. The smallest absolute Gasteiger partial charge is 0.225 e. The molecular formula is C14H28N2O. The molecule has 17 heavy (non-hydrogen) atoms. The van der Waals surface area contributed by atoms with Gasteiger partial charge in [-0.1, -0.05) is 33.6 Å². The minimum absolute atomic E-state index is 0.224. The highest BCUT2D eigenvalue weighted by molar-refractivity contribution is 5.82. The molecule has 0 radical (unpaired) electrons. The summed E-state index contributed by atoms with van der Waals surface area (Å²) in [5.41, 5.74) is -0.236. The maximum Gasteiger partial charge on any atom is 0.225 e. The second-order valence-electron chi connectivity index (χ2n) is 5.73. The summed E-state index contributed by atoms with van der Waals surface area (Å²) in [4.78, 5) is 12.2. The van der Waals surface area contributed by atoms with Gasteiger partial charge in [0, 0.05) is 12.0 Å². The summed E-state index contributed by atoms with van der Waals surface area (Å²) in [6.07, 6.45) is 5.86. The molecule has 1 aliphatic heterocycles. The van der Waals surface area contributed by atoms with E-state index in [0.29, 0.717) is 5.92 Å². The van der Waals surface area contributed by atoms with E-state index < -0.39 is 0 Å². The van der Waals surface area contributed by atoms with E-state index in [1.807, 2.05) is 0 Å². The van der Waals surface area contributed by atoms with Crippen LogP contribution in [-0.4, -0.2) is 25.5 Å². The topological polar surface area (TPSA) is 41.1 Å². The molecule has 0 bridgehead atoms. The van der Waals surface area contributed by atoms with Crippen LogP contribution >= 0.6 is 0 Å². The van der Waals surface area contributed by atoms with Crippen molar-refractivity contribution in [3.05, 3.63) is 0 Å². The summed E-state index contributed by atoms with van der Waals surface area (Å²) >= 11 is 0. The van der Waals surface area contributed by atoms with Crippen LogP contribution in [0.5, 0.6) is 0 Å². The summed E-state index contributed by atoms with van der Waals surface area (Å²) in [5.74, 6) is 0.699. The fourth-order valence-electron chi connectivity index (χ4n) is 2.46. The van der Waals surface area contributed by atoms with Gasteiger partial charge in [0.15, 0.2) is 0 Å². The molecule has 1 amide bonds. The third-order valence-electron chi connectivity index (χ3n) is 3.97. The van der Waals surface area contributed by atoms with Gasteiger partial charge in [-0.3, -0.25) is 4.79 Å². The van der Waals surface area contributed by atoms with Crippen LogP contribution in [0, 0.1) is 11.3 Å². The molecule has 0 spiro atoms. The van der Waals surface area contributed by atoms with Crippen molar-refractivity contribution < 1.29 is 4.79 Å². The zero-order valence-electron chi connectivity index (χ0n) is 11.6. The largest absolute Gasteiger partial charge is 0.356 e. The number of nitrogens with one attached hydrogen (secondary N) is 2. The molecule has 1 atom stereocenters. The minimum Gasteiger partial charge on any atom is -0.356 e. The zero-order chi connectivity index (χ0) is 12.7. The van der Waals surface area contributed by atoms with Gasteiger partial charge in [-0.25, -0.2) is 0 Å². The predicted octanol–water partition coefficient (Wildman–Crippen LogP) is 2.32. The van der Waals surface area contributed by atoms with Gasteiger partial charge in [0.2, 0.25) is 5.91 Å². The van der Waals surface area contributed by atoms with Crippen LogP contribution in [0.25, 0.3) is 0 Å². The third kappa shape index (κ3) is 4.30. The highest BCUT2D eigenvalue weighted by atomic mass is 16.2. The van der Waals surface area contributed by atoms with Crippen molar-refractivity contribution in [2.75, 3.05) is 19.6 Å². The maximum atomic E-state index is 12.2. The van der Waals surface area contributed by atoms with E-state index in [-0.39, 0.29) is 11.3 Å². The molecule has 0 saturated carbocycles. The van der Waals surface area contributed by atoms with Crippen LogP contribution in [0.1, 0.15) is 52.9 Å². The molecule has 1 aliphatic rings. The summed E-state index contributed by atoms with van der Waals surface area (Å²) in [7, 11) is 0. The van der Waals surface area contributed by atoms with Crippen molar-refractivity contribution in [2.24, 2.45) is 11.3 Å². The van der Waals surface area contributed by atoms with Crippen molar-refractivity contribution in [2.45, 2.75) is 52.9 Å². The van der Waals surface area contributed by atoms with E-state index in [1.54, 1.807) is 0 Å². The molecule has 0 aromatic rings. The van der Waals surface area contributed by atoms with Crippen LogP contribution in [0.2, 0.25) is 0 Å². The molecule has 1 saturated heterocycles. The average Bonchev–Trinajstić information content (AvgIpc) is 2.35. The molecule has 1 rings (SSSR count). The van der Waals surface area contributed by atoms with E-state index >= 15 is 0 Å². The summed E-state index contributed by atoms with van der Waals surface area (Å²) in [6, 6.07) is 0. The van der Waals surface area contributed by atoms with Crippen LogP contribution in [-0.2, 0) is 4.79 Å². The Morgan fingerprint density at radius 2 is 2.18 bits per heavy atom. The van der Waals surface area contributed by atoms with Crippen molar-refractivity contribution in [1.82, 2.24) is 10.6 Å². The minimum atomic E-state index is -0.236. The molecule has 1 heterocycles. The van der Waals surface area contributed by atoms with Crippen molar-refractivity contribution >= 4 is 5.91 Å². The van der Waals surface area contributed by atoms with Crippen LogP contribution in [0.15, 0.2) is 0 Å². The number of hydrogen-bond acceptors (Lipinski definition) is 2. The van der Waals surface area contributed by atoms with Crippen molar-refractivity contribution in [3.63, 3.8) is 0 Å². The summed E-state index contributed by atoms with van der Waals surface area (Å²) in [5, 5.41) is 6.48. The standard InChI is InChI=1S/C14H28N2O/c1-4-5-6-10-16-13(17)14(2,3)12-8-7-9-15-11-12/h12,15H,4-11H2,1-3H3,(H,16,17). The fraction of sp³-hybridized carbons (Fsp3) is 0.929. The van der Waals surface area contributed by atoms with E-state index in [1.165, 1.54) is 25.7 Å². The molecule has 0 aromatic carbocycles. The molecule has 0 aliphatic carbocycles. The van der Waals surface area contributed by atoms with Gasteiger partial charge in [-0.15, -0.1) is 0 Å². The van der Waals surface area contributed by atoms with Crippen LogP contribution in [0.4, 0.5) is 0 Å². The Balaban J connectivity index is 2.36. The van der Waals surface area contributed by atoms with Gasteiger partial charge in [0.05, 0.1) is 0 Å². The summed E-state index contributed by atoms with van der Waals surface area (Å²) in [6.45, 7) is 9.26. The number of hydrogen-bond donors (Lipinski definition) is 2. The van der Waals surface area contributed by atoms with E-state index in [2.05, 4.69) is 31.4 Å². The second-order valence-corrected chi connectivity index (χ2v) is 5.73. The number of unbranched alkanes of at least 4 members (excludes halogenated alkanes) is 2. The Morgan fingerprint density at radius 3 is 2.76 bits per heavy atom. The molecule has 3 nitrogen and oxygen atoms in total. The Hall–Kier alpha value is -0.570. The first-order valence-electron chi connectivity index (χ1n) is 7.08. The first-order chi connectivity index (χ1) is 8.09. The van der Waals surface area contributed by atoms with Crippen molar-refractivity contribution in [1.29, 1.82) is 0 Å². The SMILES string of the molecule is CCCCCNC(=O)C(C)(C)C1CCCNC1. The zero-order valence-corrected chi connectivity index (χ0v) is 11.6. The molecule has 1 unspecified atom stereocenters. The fourth-order valence-corrected chi connectivity index (χ4v) is 2.46. The predicted molar refractivity (Wildman–Crippen MR) is 71.9 cm³/mol. The van der Waals surface area contributed by atoms with Gasteiger partial charge in [-0.05, 0) is 38.3 Å². The average molecular weight is 240 g/mol. The lowest BCUT2D eigenvalue weighted by molar-refractivity contribution is -0.132. The Bertz CT molecular complexity index is 232. The van der Waals surface area contributed by atoms with E-state index in [0.717, 1.165) is 26.1 Å². The van der Waals surface area contributed by atoms with E-state index in [9.17, 15) is 4.79 Å². The molecule has 0 aromatic heterocycles. The number of amides is 1. The molecule has 2 N–H and O–H groups in total. The molecular weight excluding hydrogens is 212 g/mol. The Morgan fingerprint density at radius 1 is 1.41 bits per heavy atom.